The Morgan fingerprint density at radius 2 is 1.96 bits per heavy atom. The maximum atomic E-state index is 13.2. The fourth-order valence-electron chi connectivity index (χ4n) is 6.03. The number of aliphatic hydroxyl groups excluding tert-OH is 1. The second kappa shape index (κ2) is 5.47. The number of allylic oxidation sites excluding steroid dienone is 2. The predicted octanol–water partition coefficient (Wildman–Crippen LogP) is 0.653. The fraction of sp³-hybridized carbons (Fsp3) is 0.667. The lowest BCUT2D eigenvalue weighted by molar-refractivity contribution is -0.146. The van der Waals surface area contributed by atoms with Crippen molar-refractivity contribution in [1.82, 2.24) is 5.32 Å². The molecule has 0 aromatic carbocycles. The van der Waals surface area contributed by atoms with E-state index in [0.717, 1.165) is 0 Å². The van der Waals surface area contributed by atoms with E-state index in [4.69, 9.17) is 25.8 Å². The van der Waals surface area contributed by atoms with Crippen LogP contribution in [0.3, 0.4) is 0 Å². The van der Waals surface area contributed by atoms with E-state index >= 15 is 0 Å². The molecule has 1 heterocycles. The first kappa shape index (κ1) is 17.8. The lowest BCUT2D eigenvalue weighted by Crippen LogP contribution is -2.63. The average Bonchev–Trinajstić information content (AvgIpc) is 3.16. The predicted molar refractivity (Wildman–Crippen MR) is 91.2 cm³/mol. The molecule has 26 heavy (non-hydrogen) atoms. The van der Waals surface area contributed by atoms with Crippen molar-refractivity contribution in [2.75, 3.05) is 27.9 Å². The Labute approximate surface area is 156 Å². The Balaban J connectivity index is 2.00. The first-order chi connectivity index (χ1) is 12.4. The molecular formula is C18H22ClNO6. The normalized spacial score (nSPS) is 44.3. The lowest BCUT2D eigenvalue weighted by atomic mass is 9.52. The van der Waals surface area contributed by atoms with Gasteiger partial charge in [0.05, 0.1) is 37.7 Å². The van der Waals surface area contributed by atoms with E-state index in [1.165, 1.54) is 27.4 Å². The van der Waals surface area contributed by atoms with Gasteiger partial charge in [0.25, 0.3) is 0 Å². The van der Waals surface area contributed by atoms with Crippen molar-refractivity contribution < 1.29 is 28.9 Å². The highest BCUT2D eigenvalue weighted by atomic mass is 35.5. The minimum atomic E-state index is -1.35. The zero-order chi connectivity index (χ0) is 18.9. The molecule has 1 unspecified atom stereocenters. The molecule has 4 rings (SSSR count). The smallest absolute Gasteiger partial charge is 0.201 e. The minimum Gasteiger partial charge on any atom is -0.498 e. The van der Waals surface area contributed by atoms with Crippen LogP contribution in [0.4, 0.5) is 0 Å². The van der Waals surface area contributed by atoms with E-state index in [-0.39, 0.29) is 29.5 Å². The summed E-state index contributed by atoms with van der Waals surface area (Å²) in [6.45, 7) is 0.574. The van der Waals surface area contributed by atoms with Gasteiger partial charge in [0.2, 0.25) is 11.5 Å². The van der Waals surface area contributed by atoms with Crippen molar-refractivity contribution in [3.05, 3.63) is 23.4 Å². The summed E-state index contributed by atoms with van der Waals surface area (Å²) in [4.78, 5) is 26.1. The number of hydrogen-bond donors (Lipinski definition) is 2. The van der Waals surface area contributed by atoms with Crippen LogP contribution in [0, 0.1) is 10.8 Å². The van der Waals surface area contributed by atoms with Crippen LogP contribution >= 0.6 is 11.6 Å². The quantitative estimate of drug-likeness (QED) is 0.691. The van der Waals surface area contributed by atoms with E-state index in [1.807, 2.05) is 0 Å². The average molecular weight is 384 g/mol. The Kier molecular flexibility index (Phi) is 3.75. The summed E-state index contributed by atoms with van der Waals surface area (Å²) < 4.78 is 16.2. The first-order valence-electron chi connectivity index (χ1n) is 8.59. The van der Waals surface area contributed by atoms with Gasteiger partial charge in [-0.15, -0.1) is 11.6 Å². The number of carbonyl (C=O) groups excluding carboxylic acids is 2. The topological polar surface area (TPSA) is 94.1 Å². The maximum absolute atomic E-state index is 13.2. The second-order valence-corrected chi connectivity index (χ2v) is 7.92. The van der Waals surface area contributed by atoms with Crippen molar-refractivity contribution in [3.8, 4) is 0 Å². The molecule has 1 saturated heterocycles. The SMILES string of the molecule is COC1=CC(=O)C2([C@@H](Cl)C[C@]34NCC[C@]23CC(=O)C(OC)=C4OC)[C@H]1O. The number of carbonyl (C=O) groups is 2. The van der Waals surface area contributed by atoms with Gasteiger partial charge in [0.1, 0.15) is 11.9 Å². The number of aliphatic hydroxyl groups is 1. The van der Waals surface area contributed by atoms with Gasteiger partial charge in [-0.3, -0.25) is 9.59 Å². The molecule has 5 atom stereocenters. The number of rotatable bonds is 3. The summed E-state index contributed by atoms with van der Waals surface area (Å²) in [6.07, 6.45) is 1.01. The van der Waals surface area contributed by atoms with Gasteiger partial charge in [-0.25, -0.2) is 0 Å². The second-order valence-electron chi connectivity index (χ2n) is 7.39. The summed E-state index contributed by atoms with van der Waals surface area (Å²) in [5.41, 5.74) is -3.10. The zero-order valence-electron chi connectivity index (χ0n) is 14.9. The number of hydrogen-bond acceptors (Lipinski definition) is 7. The Morgan fingerprint density at radius 1 is 1.23 bits per heavy atom. The Morgan fingerprint density at radius 3 is 2.54 bits per heavy atom. The molecule has 1 spiro atoms. The van der Waals surface area contributed by atoms with Crippen molar-refractivity contribution in [2.45, 2.75) is 36.3 Å². The highest BCUT2D eigenvalue weighted by Crippen LogP contribution is 2.72. The molecule has 0 bridgehead atoms. The number of alkyl halides is 1. The Hall–Kier alpha value is -1.57. The van der Waals surface area contributed by atoms with Crippen LogP contribution in [0.1, 0.15) is 19.3 Å². The van der Waals surface area contributed by atoms with Gasteiger partial charge >= 0.3 is 0 Å². The van der Waals surface area contributed by atoms with Gasteiger partial charge in [-0.1, -0.05) is 0 Å². The molecule has 0 aromatic heterocycles. The third kappa shape index (κ3) is 1.59. The van der Waals surface area contributed by atoms with Gasteiger partial charge in [0, 0.05) is 17.9 Å². The lowest BCUT2D eigenvalue weighted by Gasteiger charge is -2.51. The molecule has 142 valence electrons. The van der Waals surface area contributed by atoms with Crippen molar-refractivity contribution in [1.29, 1.82) is 0 Å². The number of nitrogens with one attached hydrogen (secondary N) is 1. The molecule has 3 aliphatic carbocycles. The molecule has 7 nitrogen and oxygen atoms in total. The molecule has 0 aromatic rings. The molecule has 2 N–H and O–H groups in total. The number of Topliss-reactive ketones (excluding diaryl/α,β-unsaturated/α-hetero) is 1. The monoisotopic (exact) mass is 383 g/mol. The molecule has 0 amide bonds. The van der Waals surface area contributed by atoms with E-state index in [1.54, 1.807) is 0 Å². The summed E-state index contributed by atoms with van der Waals surface area (Å²) in [5, 5.41) is 13.8. The van der Waals surface area contributed by atoms with Crippen LogP contribution in [0.25, 0.3) is 0 Å². The molecule has 1 aliphatic heterocycles. The summed E-state index contributed by atoms with van der Waals surface area (Å²) in [5.74, 6) is 0.155. The van der Waals surface area contributed by atoms with Crippen LogP contribution in [0.2, 0.25) is 0 Å². The van der Waals surface area contributed by atoms with Gasteiger partial charge in [-0.05, 0) is 19.4 Å². The third-order valence-corrected chi connectivity index (χ3v) is 7.40. The highest BCUT2D eigenvalue weighted by molar-refractivity contribution is 6.25. The number of ketones is 2. The maximum Gasteiger partial charge on any atom is 0.201 e. The van der Waals surface area contributed by atoms with E-state index < -0.39 is 27.8 Å². The fourth-order valence-corrected chi connectivity index (χ4v) is 6.70. The van der Waals surface area contributed by atoms with Crippen molar-refractivity contribution in [2.24, 2.45) is 10.8 Å². The molecule has 8 heteroatoms. The van der Waals surface area contributed by atoms with Gasteiger partial charge in [-0.2, -0.15) is 0 Å². The Bertz CT molecular complexity index is 763. The molecular weight excluding hydrogens is 362 g/mol. The first-order valence-corrected chi connectivity index (χ1v) is 9.03. The van der Waals surface area contributed by atoms with Crippen molar-refractivity contribution in [3.63, 3.8) is 0 Å². The summed E-state index contributed by atoms with van der Waals surface area (Å²) in [6, 6.07) is 0. The number of ether oxygens (including phenoxy) is 3. The molecule has 1 saturated carbocycles. The highest BCUT2D eigenvalue weighted by Gasteiger charge is 2.82. The van der Waals surface area contributed by atoms with Crippen LogP contribution in [0.15, 0.2) is 23.4 Å². The number of halogens is 1. The molecule has 0 radical (unpaired) electrons. The largest absolute Gasteiger partial charge is 0.498 e. The molecule has 4 aliphatic rings. The zero-order valence-corrected chi connectivity index (χ0v) is 15.7. The summed E-state index contributed by atoms with van der Waals surface area (Å²) in [7, 11) is 4.31. The standard InChI is InChI=1S/C18H22ClNO6/c1-24-10-6-12(22)18(14(10)23)11(19)8-17-15(26-3)13(25-2)9(21)7-16(17,18)4-5-20-17/h6,11,14,20,23H,4-5,7-8H2,1-3H3/t11-,14-,16+,17+,18?/m0/s1. The third-order valence-electron chi connectivity index (χ3n) is 6.90. The number of methoxy groups -OCH3 is 3. The van der Waals surface area contributed by atoms with E-state index in [2.05, 4.69) is 5.32 Å². The van der Waals surface area contributed by atoms with Crippen LogP contribution in [-0.4, -0.2) is 61.6 Å². The van der Waals surface area contributed by atoms with Crippen molar-refractivity contribution >= 4 is 23.2 Å². The summed E-state index contributed by atoms with van der Waals surface area (Å²) >= 11 is 6.77. The molecule has 2 fully saturated rings. The van der Waals surface area contributed by atoms with Crippen LogP contribution < -0.4 is 5.32 Å². The van der Waals surface area contributed by atoms with E-state index in [0.29, 0.717) is 25.1 Å². The van der Waals surface area contributed by atoms with Crippen LogP contribution in [0.5, 0.6) is 0 Å². The van der Waals surface area contributed by atoms with Crippen LogP contribution in [-0.2, 0) is 23.8 Å². The minimum absolute atomic E-state index is 0.0485. The van der Waals surface area contributed by atoms with Gasteiger partial charge in [0.15, 0.2) is 11.5 Å². The van der Waals surface area contributed by atoms with E-state index in [9.17, 15) is 14.7 Å². The van der Waals surface area contributed by atoms with Gasteiger partial charge < -0.3 is 24.6 Å².